The van der Waals surface area contributed by atoms with Gasteiger partial charge in [-0.05, 0) is 62.5 Å². The standard InChI is InChI=1S/C21H26FN3O5S2/c1-14-11-18(25-21(26)15(2)13-31(25,27)28)9-10-20(14)32(29,30)23-12-19(24(3)4)16-5-7-17(22)8-6-16/h5-11,15,19,23H,12-13H2,1-4H3. The van der Waals surface area contributed by atoms with Gasteiger partial charge >= 0.3 is 0 Å². The molecule has 2 atom stereocenters. The molecular formula is C21H26FN3O5S2. The summed E-state index contributed by atoms with van der Waals surface area (Å²) >= 11 is 0. The number of nitrogens with zero attached hydrogens (tertiary/aromatic N) is 2. The van der Waals surface area contributed by atoms with Gasteiger partial charge in [0.1, 0.15) is 5.82 Å². The molecule has 1 N–H and O–H groups in total. The fourth-order valence-corrected chi connectivity index (χ4v) is 6.77. The third-order valence-corrected chi connectivity index (χ3v) is 8.84. The van der Waals surface area contributed by atoms with Crippen molar-refractivity contribution in [2.24, 2.45) is 5.92 Å². The van der Waals surface area contributed by atoms with Crippen LogP contribution in [0.25, 0.3) is 0 Å². The molecule has 0 aromatic heterocycles. The van der Waals surface area contributed by atoms with Crippen molar-refractivity contribution in [1.29, 1.82) is 0 Å². The van der Waals surface area contributed by atoms with Gasteiger partial charge < -0.3 is 4.90 Å². The molecule has 2 aromatic rings. The van der Waals surface area contributed by atoms with Gasteiger partial charge in [0.05, 0.1) is 22.3 Å². The van der Waals surface area contributed by atoms with Crippen LogP contribution in [0.1, 0.15) is 24.1 Å². The summed E-state index contributed by atoms with van der Waals surface area (Å²) in [5.74, 6) is -1.84. The highest BCUT2D eigenvalue weighted by atomic mass is 32.2. The first kappa shape index (κ1) is 24.3. The van der Waals surface area contributed by atoms with Crippen molar-refractivity contribution in [2.75, 3.05) is 30.7 Å². The quantitative estimate of drug-likeness (QED) is 0.646. The lowest BCUT2D eigenvalue weighted by atomic mass is 10.1. The maximum Gasteiger partial charge on any atom is 0.244 e. The van der Waals surface area contributed by atoms with Crippen molar-refractivity contribution in [1.82, 2.24) is 9.62 Å². The van der Waals surface area contributed by atoms with Crippen LogP contribution in [0.4, 0.5) is 10.1 Å². The zero-order chi connectivity index (χ0) is 23.8. The molecule has 0 spiro atoms. The van der Waals surface area contributed by atoms with E-state index in [4.69, 9.17) is 0 Å². The SMILES string of the molecule is Cc1cc(N2C(=O)C(C)CS2(=O)=O)ccc1S(=O)(=O)NCC(c1ccc(F)cc1)N(C)C. The highest BCUT2D eigenvalue weighted by Crippen LogP contribution is 2.30. The average Bonchev–Trinajstić information content (AvgIpc) is 2.89. The van der Waals surface area contributed by atoms with Crippen molar-refractivity contribution < 1.29 is 26.0 Å². The van der Waals surface area contributed by atoms with Gasteiger partial charge in [-0.15, -0.1) is 0 Å². The predicted molar refractivity (Wildman–Crippen MR) is 120 cm³/mol. The first-order valence-corrected chi connectivity index (χ1v) is 13.0. The number of aryl methyl sites for hydroxylation is 1. The summed E-state index contributed by atoms with van der Waals surface area (Å²) in [6.07, 6.45) is 0. The van der Waals surface area contributed by atoms with Crippen molar-refractivity contribution in [3.05, 3.63) is 59.4 Å². The lowest BCUT2D eigenvalue weighted by molar-refractivity contribution is -0.119. The highest BCUT2D eigenvalue weighted by Gasteiger charge is 2.42. The Morgan fingerprint density at radius 1 is 1.19 bits per heavy atom. The molecule has 0 bridgehead atoms. The number of amides is 1. The van der Waals surface area contributed by atoms with E-state index >= 15 is 0 Å². The summed E-state index contributed by atoms with van der Waals surface area (Å²) in [4.78, 5) is 14.1. The molecule has 1 aliphatic heterocycles. The molecule has 3 rings (SSSR count). The third-order valence-electron chi connectivity index (χ3n) is 5.39. The minimum Gasteiger partial charge on any atom is -0.301 e. The van der Waals surface area contributed by atoms with E-state index in [1.54, 1.807) is 26.2 Å². The number of hydrogen-bond donors (Lipinski definition) is 1. The first-order valence-electron chi connectivity index (χ1n) is 9.92. The average molecular weight is 484 g/mol. The monoisotopic (exact) mass is 483 g/mol. The molecule has 0 saturated carbocycles. The summed E-state index contributed by atoms with van der Waals surface area (Å²) in [5.41, 5.74) is 1.17. The minimum atomic E-state index is -3.93. The minimum absolute atomic E-state index is 0.0186. The normalized spacial score (nSPS) is 19.5. The van der Waals surface area contributed by atoms with Crippen LogP contribution in [-0.4, -0.2) is 54.0 Å². The topological polar surface area (TPSA) is 104 Å². The Hall–Kier alpha value is -2.34. The Morgan fingerprint density at radius 2 is 1.81 bits per heavy atom. The largest absolute Gasteiger partial charge is 0.301 e. The van der Waals surface area contributed by atoms with E-state index in [1.165, 1.54) is 44.2 Å². The zero-order valence-corrected chi connectivity index (χ0v) is 19.9. The molecule has 1 saturated heterocycles. The van der Waals surface area contributed by atoms with E-state index in [2.05, 4.69) is 4.72 Å². The van der Waals surface area contributed by atoms with Crippen LogP contribution < -0.4 is 9.03 Å². The summed E-state index contributed by atoms with van der Waals surface area (Å²) < 4.78 is 67.1. The van der Waals surface area contributed by atoms with E-state index in [0.29, 0.717) is 5.56 Å². The van der Waals surface area contributed by atoms with Crippen molar-refractivity contribution >= 4 is 31.6 Å². The number of anilines is 1. The van der Waals surface area contributed by atoms with Crippen molar-refractivity contribution in [2.45, 2.75) is 24.8 Å². The second-order valence-electron chi connectivity index (χ2n) is 8.11. The Kier molecular flexibility index (Phi) is 6.75. The maximum absolute atomic E-state index is 13.2. The van der Waals surface area contributed by atoms with Crippen LogP contribution in [0.15, 0.2) is 47.4 Å². The number of benzene rings is 2. The number of carbonyl (C=O) groups excluding carboxylic acids is 1. The molecule has 11 heteroatoms. The molecule has 1 aliphatic rings. The molecule has 0 radical (unpaired) electrons. The van der Waals surface area contributed by atoms with Gasteiger partial charge in [-0.1, -0.05) is 19.1 Å². The fraction of sp³-hybridized carbons (Fsp3) is 0.381. The molecule has 32 heavy (non-hydrogen) atoms. The lowest BCUT2D eigenvalue weighted by Crippen LogP contribution is -2.35. The molecule has 2 unspecified atom stereocenters. The molecule has 1 heterocycles. The smallest absolute Gasteiger partial charge is 0.244 e. The number of sulfonamides is 2. The lowest BCUT2D eigenvalue weighted by Gasteiger charge is -2.25. The fourth-order valence-electron chi connectivity index (χ4n) is 3.70. The predicted octanol–water partition coefficient (Wildman–Crippen LogP) is 2.03. The van der Waals surface area contributed by atoms with Gasteiger partial charge in [0.25, 0.3) is 0 Å². The van der Waals surface area contributed by atoms with Crippen LogP contribution >= 0.6 is 0 Å². The molecule has 8 nitrogen and oxygen atoms in total. The second kappa shape index (κ2) is 8.89. The van der Waals surface area contributed by atoms with Crippen LogP contribution in [0, 0.1) is 18.7 Å². The van der Waals surface area contributed by atoms with Gasteiger partial charge in [-0.3, -0.25) is 4.79 Å². The molecule has 1 fully saturated rings. The second-order valence-corrected chi connectivity index (χ2v) is 11.7. The zero-order valence-electron chi connectivity index (χ0n) is 18.2. The van der Waals surface area contributed by atoms with E-state index in [-0.39, 0.29) is 34.7 Å². The molecule has 1 amide bonds. The number of hydrogen-bond acceptors (Lipinski definition) is 6. The first-order chi connectivity index (χ1) is 14.8. The van der Waals surface area contributed by atoms with Gasteiger partial charge in [0.2, 0.25) is 26.0 Å². The molecule has 174 valence electrons. The van der Waals surface area contributed by atoms with Crippen LogP contribution in [-0.2, 0) is 24.8 Å². The Morgan fingerprint density at radius 3 is 2.31 bits per heavy atom. The van der Waals surface area contributed by atoms with E-state index < -0.39 is 31.9 Å². The van der Waals surface area contributed by atoms with Gasteiger partial charge in [0, 0.05) is 12.6 Å². The maximum atomic E-state index is 13.2. The number of nitrogens with one attached hydrogen (secondary N) is 1. The van der Waals surface area contributed by atoms with Crippen molar-refractivity contribution in [3.63, 3.8) is 0 Å². The molecule has 2 aromatic carbocycles. The van der Waals surface area contributed by atoms with Gasteiger partial charge in [-0.2, -0.15) is 0 Å². The number of halogens is 1. The highest BCUT2D eigenvalue weighted by molar-refractivity contribution is 7.94. The van der Waals surface area contributed by atoms with Crippen LogP contribution in [0.3, 0.4) is 0 Å². The number of carbonyl (C=O) groups is 1. The van der Waals surface area contributed by atoms with Crippen molar-refractivity contribution in [3.8, 4) is 0 Å². The summed E-state index contributed by atoms with van der Waals surface area (Å²) in [6, 6.07) is 9.49. The van der Waals surface area contributed by atoms with E-state index in [1.807, 2.05) is 4.90 Å². The Labute approximate surface area is 188 Å². The summed E-state index contributed by atoms with van der Waals surface area (Å²) in [5, 5.41) is 0. The third kappa shape index (κ3) is 4.85. The van der Waals surface area contributed by atoms with E-state index in [0.717, 1.165) is 9.87 Å². The van der Waals surface area contributed by atoms with Crippen LogP contribution in [0.2, 0.25) is 0 Å². The Balaban J connectivity index is 1.84. The molecule has 0 aliphatic carbocycles. The number of rotatable bonds is 7. The van der Waals surface area contributed by atoms with Gasteiger partial charge in [-0.25, -0.2) is 30.3 Å². The van der Waals surface area contributed by atoms with E-state index in [9.17, 15) is 26.0 Å². The summed E-state index contributed by atoms with van der Waals surface area (Å²) in [7, 11) is -4.14. The number of likely N-dealkylation sites (N-methyl/N-ethyl adjacent to an activating group) is 1. The summed E-state index contributed by atoms with van der Waals surface area (Å²) in [6.45, 7) is 3.12. The van der Waals surface area contributed by atoms with Gasteiger partial charge in [0.15, 0.2) is 0 Å². The Bertz CT molecular complexity index is 1230. The van der Waals surface area contributed by atoms with Crippen LogP contribution in [0.5, 0.6) is 0 Å². The molecular weight excluding hydrogens is 457 g/mol.